The van der Waals surface area contributed by atoms with Gasteiger partial charge < -0.3 is 9.74 Å². The molecule has 0 spiro atoms. The maximum atomic E-state index is 12.9. The third-order valence-electron chi connectivity index (χ3n) is 5.00. The van der Waals surface area contributed by atoms with Crippen molar-refractivity contribution in [3.63, 3.8) is 0 Å². The number of carbonyl (C=O) groups is 1. The molecule has 1 aromatic carbocycles. The standard InChI is InChI=1S/C19H21ClN4O2/c1-11(2)16-9-17(26-23-16)19(25)24-8-7-15-14(10-24)18(22-21-15)12-3-5-13(20)6-4-12/h3-6,11,17H,7-10H2,1-2H3,(H,21,22)/t17-/m1/s1. The molecule has 2 aliphatic rings. The van der Waals surface area contributed by atoms with Crippen molar-refractivity contribution < 1.29 is 9.63 Å². The minimum Gasteiger partial charge on any atom is -0.382 e. The van der Waals surface area contributed by atoms with Gasteiger partial charge in [0, 0.05) is 47.8 Å². The van der Waals surface area contributed by atoms with Gasteiger partial charge in [0.05, 0.1) is 11.4 Å². The lowest BCUT2D eigenvalue weighted by Gasteiger charge is -2.28. The summed E-state index contributed by atoms with van der Waals surface area (Å²) in [5.74, 6) is 0.296. The van der Waals surface area contributed by atoms with Gasteiger partial charge >= 0.3 is 0 Å². The summed E-state index contributed by atoms with van der Waals surface area (Å²) in [6.45, 7) is 5.31. The summed E-state index contributed by atoms with van der Waals surface area (Å²) in [6, 6.07) is 7.59. The molecular weight excluding hydrogens is 352 g/mol. The van der Waals surface area contributed by atoms with E-state index >= 15 is 0 Å². The summed E-state index contributed by atoms with van der Waals surface area (Å²) in [7, 11) is 0. The predicted molar refractivity (Wildman–Crippen MR) is 99.9 cm³/mol. The molecule has 0 saturated heterocycles. The largest absolute Gasteiger partial charge is 0.382 e. The number of aromatic amines is 1. The lowest BCUT2D eigenvalue weighted by molar-refractivity contribution is -0.143. The SMILES string of the molecule is CC(C)C1=NO[C@@H](C(=O)N2CCc3[nH]nc(-c4ccc(Cl)cc4)c3C2)C1. The van der Waals surface area contributed by atoms with Crippen molar-refractivity contribution in [2.45, 2.75) is 39.3 Å². The Bertz CT molecular complexity index is 857. The van der Waals surface area contributed by atoms with Gasteiger partial charge in [0.25, 0.3) is 5.91 Å². The highest BCUT2D eigenvalue weighted by atomic mass is 35.5. The number of hydrogen-bond acceptors (Lipinski definition) is 4. The van der Waals surface area contributed by atoms with Gasteiger partial charge in [-0.05, 0) is 18.1 Å². The van der Waals surface area contributed by atoms with E-state index in [1.54, 1.807) is 0 Å². The van der Waals surface area contributed by atoms with Crippen LogP contribution in [0.4, 0.5) is 0 Å². The Hall–Kier alpha value is -2.34. The minimum absolute atomic E-state index is 0.00157. The van der Waals surface area contributed by atoms with Crippen LogP contribution in [0.1, 0.15) is 31.5 Å². The molecule has 0 unspecified atom stereocenters. The van der Waals surface area contributed by atoms with Crippen LogP contribution in [0, 0.1) is 5.92 Å². The van der Waals surface area contributed by atoms with E-state index in [4.69, 9.17) is 16.4 Å². The van der Waals surface area contributed by atoms with E-state index in [-0.39, 0.29) is 5.91 Å². The summed E-state index contributed by atoms with van der Waals surface area (Å²) in [4.78, 5) is 20.1. The van der Waals surface area contributed by atoms with Crippen LogP contribution in [0.15, 0.2) is 29.4 Å². The number of carbonyl (C=O) groups excluding carboxylic acids is 1. The van der Waals surface area contributed by atoms with E-state index in [0.717, 1.165) is 34.6 Å². The van der Waals surface area contributed by atoms with Gasteiger partial charge in [0.2, 0.25) is 6.10 Å². The molecule has 26 heavy (non-hydrogen) atoms. The van der Waals surface area contributed by atoms with Crippen molar-refractivity contribution in [2.75, 3.05) is 6.54 Å². The summed E-state index contributed by atoms with van der Waals surface area (Å²) >= 11 is 5.98. The molecule has 136 valence electrons. The molecule has 0 fully saturated rings. The molecule has 0 saturated carbocycles. The number of nitrogens with one attached hydrogen (secondary N) is 1. The molecule has 6 nitrogen and oxygen atoms in total. The molecule has 1 amide bonds. The van der Waals surface area contributed by atoms with Gasteiger partial charge in [0.15, 0.2) is 0 Å². The third kappa shape index (κ3) is 3.09. The number of rotatable bonds is 3. The zero-order valence-corrected chi connectivity index (χ0v) is 15.6. The first-order chi connectivity index (χ1) is 12.5. The first-order valence-electron chi connectivity index (χ1n) is 8.86. The fraction of sp³-hybridized carbons (Fsp3) is 0.421. The van der Waals surface area contributed by atoms with E-state index in [2.05, 4.69) is 29.2 Å². The van der Waals surface area contributed by atoms with Gasteiger partial charge in [-0.3, -0.25) is 9.89 Å². The highest BCUT2D eigenvalue weighted by molar-refractivity contribution is 6.30. The number of benzene rings is 1. The fourth-order valence-electron chi connectivity index (χ4n) is 3.40. The van der Waals surface area contributed by atoms with E-state index in [1.807, 2.05) is 29.2 Å². The van der Waals surface area contributed by atoms with Gasteiger partial charge in [-0.1, -0.05) is 42.7 Å². The van der Waals surface area contributed by atoms with E-state index < -0.39 is 6.10 Å². The highest BCUT2D eigenvalue weighted by Gasteiger charge is 2.35. The maximum Gasteiger partial charge on any atom is 0.267 e. The van der Waals surface area contributed by atoms with Crippen LogP contribution >= 0.6 is 11.6 Å². The molecule has 1 atom stereocenters. The number of hydrogen-bond donors (Lipinski definition) is 1. The number of oxime groups is 1. The van der Waals surface area contributed by atoms with Gasteiger partial charge in [-0.15, -0.1) is 0 Å². The predicted octanol–water partition coefficient (Wildman–Crippen LogP) is 3.42. The van der Waals surface area contributed by atoms with Gasteiger partial charge in [0.1, 0.15) is 0 Å². The van der Waals surface area contributed by atoms with Crippen molar-refractivity contribution in [3.8, 4) is 11.3 Å². The van der Waals surface area contributed by atoms with E-state index in [0.29, 0.717) is 30.5 Å². The molecule has 0 bridgehead atoms. The monoisotopic (exact) mass is 372 g/mol. The first-order valence-corrected chi connectivity index (χ1v) is 9.24. The number of nitrogens with zero attached hydrogens (tertiary/aromatic N) is 3. The van der Waals surface area contributed by atoms with Crippen LogP contribution in [0.5, 0.6) is 0 Å². The van der Waals surface area contributed by atoms with Crippen molar-refractivity contribution in [3.05, 3.63) is 40.5 Å². The Morgan fingerprint density at radius 1 is 1.35 bits per heavy atom. The van der Waals surface area contributed by atoms with Crippen molar-refractivity contribution in [1.29, 1.82) is 0 Å². The van der Waals surface area contributed by atoms with Crippen LogP contribution in [0.25, 0.3) is 11.3 Å². The number of halogens is 1. The molecule has 0 radical (unpaired) electrons. The van der Waals surface area contributed by atoms with Crippen LogP contribution in [-0.2, 0) is 22.6 Å². The summed E-state index contributed by atoms with van der Waals surface area (Å²) in [6.07, 6.45) is 0.835. The van der Waals surface area contributed by atoms with Crippen molar-refractivity contribution in [2.24, 2.45) is 11.1 Å². The van der Waals surface area contributed by atoms with Crippen molar-refractivity contribution in [1.82, 2.24) is 15.1 Å². The van der Waals surface area contributed by atoms with E-state index in [9.17, 15) is 4.79 Å². The number of aromatic nitrogens is 2. The summed E-state index contributed by atoms with van der Waals surface area (Å²) in [5.41, 5.74) is 4.97. The lowest BCUT2D eigenvalue weighted by Crippen LogP contribution is -2.42. The Morgan fingerprint density at radius 3 is 2.81 bits per heavy atom. The smallest absolute Gasteiger partial charge is 0.267 e. The number of H-pyrrole nitrogens is 1. The number of fused-ring (bicyclic) bond motifs is 1. The molecular formula is C19H21ClN4O2. The van der Waals surface area contributed by atoms with E-state index in [1.165, 1.54) is 0 Å². The zero-order chi connectivity index (χ0) is 18.3. The third-order valence-corrected chi connectivity index (χ3v) is 5.25. The average molecular weight is 373 g/mol. The summed E-state index contributed by atoms with van der Waals surface area (Å²) < 4.78 is 0. The normalized spacial score (nSPS) is 19.3. The van der Waals surface area contributed by atoms with Crippen LogP contribution in [0.3, 0.4) is 0 Å². The highest BCUT2D eigenvalue weighted by Crippen LogP contribution is 2.30. The second-order valence-corrected chi connectivity index (χ2v) is 7.52. The summed E-state index contributed by atoms with van der Waals surface area (Å²) in [5, 5.41) is 12.3. The topological polar surface area (TPSA) is 70.6 Å². The quantitative estimate of drug-likeness (QED) is 0.897. The Kier molecular flexibility index (Phi) is 4.44. The molecule has 3 heterocycles. The molecule has 4 rings (SSSR count). The number of amides is 1. The second-order valence-electron chi connectivity index (χ2n) is 7.08. The molecule has 1 N–H and O–H groups in total. The molecule has 2 aliphatic heterocycles. The van der Waals surface area contributed by atoms with Gasteiger partial charge in [-0.25, -0.2) is 0 Å². The van der Waals surface area contributed by atoms with Crippen LogP contribution in [-0.4, -0.2) is 39.4 Å². The lowest BCUT2D eigenvalue weighted by atomic mass is 9.99. The Balaban J connectivity index is 1.52. The average Bonchev–Trinajstić information content (AvgIpc) is 3.29. The molecule has 0 aliphatic carbocycles. The first kappa shape index (κ1) is 17.1. The minimum atomic E-state index is -0.500. The van der Waals surface area contributed by atoms with Crippen LogP contribution < -0.4 is 0 Å². The van der Waals surface area contributed by atoms with Crippen molar-refractivity contribution >= 4 is 23.2 Å². The Labute approximate surface area is 157 Å². The van der Waals surface area contributed by atoms with Crippen LogP contribution in [0.2, 0.25) is 5.02 Å². The fourth-order valence-corrected chi connectivity index (χ4v) is 3.53. The zero-order valence-electron chi connectivity index (χ0n) is 14.8. The molecule has 1 aromatic heterocycles. The Morgan fingerprint density at radius 2 is 2.12 bits per heavy atom. The second kappa shape index (κ2) is 6.76. The molecule has 7 heteroatoms. The maximum absolute atomic E-state index is 12.9. The molecule has 2 aromatic rings. The van der Waals surface area contributed by atoms with Gasteiger partial charge in [-0.2, -0.15) is 5.10 Å².